The topological polar surface area (TPSA) is 447 Å². The van der Waals surface area contributed by atoms with E-state index in [-0.39, 0.29) is 59.5 Å². The van der Waals surface area contributed by atoms with Gasteiger partial charge < -0.3 is 42.3 Å². The van der Waals surface area contributed by atoms with Gasteiger partial charge in [-0.1, -0.05) is 23.4 Å². The molecule has 0 radical (unpaired) electrons. The van der Waals surface area contributed by atoms with Crippen molar-refractivity contribution in [3.63, 3.8) is 0 Å². The summed E-state index contributed by atoms with van der Waals surface area (Å²) in [5.74, 6) is 20.3. The Morgan fingerprint density at radius 3 is 1.37 bits per heavy atom. The zero-order chi connectivity index (χ0) is 71.6. The van der Waals surface area contributed by atoms with Gasteiger partial charge in [-0.05, 0) is 106 Å². The fourth-order valence-corrected chi connectivity index (χ4v) is 7.20. The van der Waals surface area contributed by atoms with Gasteiger partial charge in [0.25, 0.3) is 0 Å². The van der Waals surface area contributed by atoms with Crippen molar-refractivity contribution >= 4 is 110 Å². The van der Waals surface area contributed by atoms with E-state index in [2.05, 4.69) is 131 Å². The van der Waals surface area contributed by atoms with Gasteiger partial charge in [-0.3, -0.25) is 63.4 Å². The van der Waals surface area contributed by atoms with Crippen LogP contribution in [0.3, 0.4) is 0 Å². The minimum Gasteiger partial charge on any atom is -0.444 e. The first-order chi connectivity index (χ1) is 42.3. The summed E-state index contributed by atoms with van der Waals surface area (Å²) < 4.78 is 14.9. The number of nitrogens with zero attached hydrogens (tertiary/aromatic N) is 16. The molecule has 0 spiro atoms. The number of carbonyl (C=O) groups excluding carboxylic acids is 6. The predicted octanol–water partition coefficient (Wildman–Crippen LogP) is 3.22. The van der Waals surface area contributed by atoms with Crippen molar-refractivity contribution in [1.29, 1.82) is 5.26 Å². The molecule has 10 N–H and O–H groups in total. The summed E-state index contributed by atoms with van der Waals surface area (Å²) >= 11 is 8.25. The molecule has 0 saturated carbocycles. The van der Waals surface area contributed by atoms with E-state index in [1.165, 1.54) is 41.5 Å². The van der Waals surface area contributed by atoms with Crippen molar-refractivity contribution in [2.75, 3.05) is 34.5 Å². The molecule has 0 aromatic carbocycles. The van der Waals surface area contributed by atoms with Gasteiger partial charge in [-0.2, -0.15) is 41.0 Å². The molecule has 92 heavy (non-hydrogen) atoms. The second-order valence-corrected chi connectivity index (χ2v) is 19.4. The molecule has 7 aromatic heterocycles. The van der Waals surface area contributed by atoms with Crippen LogP contribution in [-0.2, 0) is 75.8 Å². The monoisotopic (exact) mass is 1420 g/mol. The molecular formula is C57H84ClIN23NaO9. The number of amides is 3. The summed E-state index contributed by atoms with van der Waals surface area (Å²) in [4.78, 5) is 69.8. The molecule has 7 heterocycles. The third kappa shape index (κ3) is 37.8. The first kappa shape index (κ1) is 91.7. The number of terminal acetylenes is 1. The number of hydrogen-bond donors (Lipinski definition) is 7. The number of Topliss-reactive ketones (excluding diaryl/α,β-unsaturated/α-hetero) is 1. The summed E-state index contributed by atoms with van der Waals surface area (Å²) in [6.07, 6.45) is 4.64. The summed E-state index contributed by atoms with van der Waals surface area (Å²) in [6, 6.07) is 5.37. The molecule has 3 amide bonds. The number of ether oxygens (including phenoxy) is 1. The van der Waals surface area contributed by atoms with Crippen LogP contribution in [-0.4, -0.2) is 111 Å². The number of hydrazine groups is 1. The average Bonchev–Trinajstić information content (AvgIpc) is 1.64. The van der Waals surface area contributed by atoms with Gasteiger partial charge in [0.2, 0.25) is 17.7 Å². The number of halogens is 2. The number of anilines is 5. The first-order valence-electron chi connectivity index (χ1n) is 26.3. The zero-order valence-electron chi connectivity index (χ0n) is 56.8. The number of carbonyl (C=O) groups is 6. The van der Waals surface area contributed by atoms with Gasteiger partial charge in [0.05, 0.1) is 77.5 Å². The van der Waals surface area contributed by atoms with Crippen LogP contribution in [0.2, 0.25) is 5.02 Å². The minimum absolute atomic E-state index is 0. The van der Waals surface area contributed by atoms with E-state index in [0.717, 1.165) is 82.6 Å². The Bertz CT molecular complexity index is 3700. The Labute approximate surface area is 577 Å². The molecule has 32 nitrogen and oxygen atoms in total. The zero-order valence-corrected chi connectivity index (χ0v) is 61.7. The van der Waals surface area contributed by atoms with Crippen LogP contribution in [0.15, 0.2) is 17.5 Å². The first-order valence-corrected chi connectivity index (χ1v) is 27.8. The number of aryl methyl sites for hydroxylation is 13. The average molecular weight is 1420 g/mol. The van der Waals surface area contributed by atoms with Crippen molar-refractivity contribution in [3.05, 3.63) is 81.8 Å². The van der Waals surface area contributed by atoms with E-state index < -0.39 is 11.9 Å². The van der Waals surface area contributed by atoms with Crippen LogP contribution in [0.4, 0.5) is 29.1 Å². The third-order valence-electron chi connectivity index (χ3n) is 9.71. The van der Waals surface area contributed by atoms with Crippen LogP contribution in [0, 0.1) is 110 Å². The summed E-state index contributed by atoms with van der Waals surface area (Å²) in [6.45, 7) is 26.6. The largest absolute Gasteiger partial charge is 1.00 e. The molecule has 7 aromatic rings. The van der Waals surface area contributed by atoms with E-state index >= 15 is 0 Å². The number of nitrogen functional groups attached to an aromatic ring is 2. The number of nitrogens with two attached hydrogens (primary N) is 3. The Hall–Kier alpha value is -9.07. The number of fused-ring (bicyclic) bond motifs is 1. The number of nitrogens with one attached hydrogen (secondary N) is 4. The molecule has 35 heteroatoms. The summed E-state index contributed by atoms with van der Waals surface area (Å²) in [5, 5.41) is 59.1. The van der Waals surface area contributed by atoms with Crippen LogP contribution in [0.1, 0.15) is 120 Å². The molecule has 0 atom stereocenters. The Morgan fingerprint density at radius 1 is 0.652 bits per heavy atom. The van der Waals surface area contributed by atoms with Crippen molar-refractivity contribution in [3.8, 4) is 42.1 Å². The van der Waals surface area contributed by atoms with Gasteiger partial charge in [-0.15, -0.1) is 34.6 Å². The molecular weight excluding hydrogens is 1340 g/mol. The number of ketones is 1. The quantitative estimate of drug-likeness (QED) is 0.0194. The number of aromatic nitrogens is 14. The van der Waals surface area contributed by atoms with Gasteiger partial charge >= 0.3 is 41.5 Å². The van der Waals surface area contributed by atoms with Gasteiger partial charge in [0.1, 0.15) is 34.9 Å². The van der Waals surface area contributed by atoms with Crippen LogP contribution < -0.4 is 68.2 Å². The Balaban J connectivity index is -0.000000310. The fourth-order valence-electron chi connectivity index (χ4n) is 6.35. The molecule has 496 valence electrons. The Morgan fingerprint density at radius 2 is 1.05 bits per heavy atom. The second kappa shape index (κ2) is 49.7. The van der Waals surface area contributed by atoms with Gasteiger partial charge in [-0.25, -0.2) is 4.68 Å². The number of hydrogen-bond acceptors (Lipinski definition) is 23. The summed E-state index contributed by atoms with van der Waals surface area (Å²) in [7, 11) is 12.5. The molecule has 0 bridgehead atoms. The minimum atomic E-state index is -0.562. The normalized spacial score (nSPS) is 8.78. The maximum absolute atomic E-state index is 10.9. The smallest absolute Gasteiger partial charge is 0.444 e. The SMILES string of the molecule is C#CC.CC#Cc1c(C)nn(C)c1N.CC#Cc1c(C)nn(C)c1NC(C)=O.CC(=O)CC#N.CC(=O)Nc1c(I)c(C)nn1C.CC(=O)Nc1cc(C)nn1C.CC(=O)OC(C)=O.CNN.Cc1cc(N)n(C)n1.Cc1nnc2c(c(C)nn2C)c1Cl.O=N[O-].[Na+]. The fraction of sp³-hybridized carbons (Fsp3) is 0.421. The predicted molar refractivity (Wildman–Crippen MR) is 360 cm³/mol. The van der Waals surface area contributed by atoms with Crippen molar-refractivity contribution in [2.24, 2.45) is 53.5 Å². The van der Waals surface area contributed by atoms with Crippen LogP contribution in [0.5, 0.6) is 0 Å². The van der Waals surface area contributed by atoms with E-state index in [9.17, 15) is 28.8 Å². The summed E-state index contributed by atoms with van der Waals surface area (Å²) in [5.41, 5.74) is 21.9. The molecule has 7 rings (SSSR count). The van der Waals surface area contributed by atoms with E-state index in [0.29, 0.717) is 22.5 Å². The molecule has 0 saturated heterocycles. The van der Waals surface area contributed by atoms with Crippen molar-refractivity contribution in [1.82, 2.24) is 74.3 Å². The molecule has 0 unspecified atom stereocenters. The maximum atomic E-state index is 10.9. The molecule has 0 aliphatic heterocycles. The van der Waals surface area contributed by atoms with Gasteiger partial charge in [0.15, 0.2) is 5.65 Å². The number of nitriles is 1. The van der Waals surface area contributed by atoms with Gasteiger partial charge in [0, 0.05) is 89.0 Å². The second-order valence-electron chi connectivity index (χ2n) is 18.0. The maximum Gasteiger partial charge on any atom is 1.00 e. The van der Waals surface area contributed by atoms with Crippen LogP contribution in [0.25, 0.3) is 11.0 Å². The van der Waals surface area contributed by atoms with E-state index in [1.54, 1.807) is 83.1 Å². The number of rotatable bonds is 4. The van der Waals surface area contributed by atoms with Crippen molar-refractivity contribution in [2.45, 2.75) is 117 Å². The molecule has 0 aliphatic carbocycles. The van der Waals surface area contributed by atoms with E-state index in [1.807, 2.05) is 81.7 Å². The Kier molecular flexibility index (Phi) is 49.5. The van der Waals surface area contributed by atoms with Crippen molar-refractivity contribution < 1.29 is 63.1 Å². The molecule has 0 fully saturated rings. The third-order valence-corrected chi connectivity index (χ3v) is 11.5. The standard InChI is InChI=1S/C10H13N3O.C8H9ClN4.C8H11N3.C7H10IN3O.C7H11N3O.C5H9N3.C4H5NO.C4H6O3.C3H4.CH6N2.HNO2.Na/c1-5-6-9-7(2)12-13(4)10(9)11-8(3)14;1-4-6-7(9)5(2)10-11-8(6)13(3)12-4;1-4-5-7-6(2)10-11(3)8(7)9;1-4-6(8)7(9-5(2)12)11(3)10-4;1-5-4-7(8-6(2)11)10(3)9-5;1-4-3-5(6)8(2)7-4;1-4(6)2-3-5;1-3(5)7-4(2)6;2*1-3-2;2-1-3;/h1-4H3,(H,11,14);1-3H3;9H2,1-3H3;1-3H3,(H,9,12);4H,1-3H3,(H,8,11);3H,6H2,1-2H3;2H2,1H3;1-2H3;1H,2H3;3H,2H2,1H3;(H,2,3);/q;;;;;;;;;;;+1/p-1. The molecule has 0 aliphatic rings. The van der Waals surface area contributed by atoms with E-state index in [4.69, 9.17) is 38.4 Å². The van der Waals surface area contributed by atoms with Crippen LogP contribution >= 0.6 is 34.2 Å². The number of esters is 2.